The van der Waals surface area contributed by atoms with Crippen molar-refractivity contribution in [2.75, 3.05) is 11.1 Å². The summed E-state index contributed by atoms with van der Waals surface area (Å²) in [5.74, 6) is 0.170. The Labute approximate surface area is 201 Å². The van der Waals surface area contributed by atoms with Crippen LogP contribution in [-0.2, 0) is 13.5 Å². The van der Waals surface area contributed by atoms with Gasteiger partial charge in [-0.1, -0.05) is 67.2 Å². The first kappa shape index (κ1) is 21.8. The summed E-state index contributed by atoms with van der Waals surface area (Å²) in [5.41, 5.74) is 15.3. The summed E-state index contributed by atoms with van der Waals surface area (Å²) in [7, 11) is 2.14. The van der Waals surface area contributed by atoms with E-state index in [0.717, 1.165) is 29.9 Å². The van der Waals surface area contributed by atoms with E-state index in [1.54, 1.807) is 0 Å². The van der Waals surface area contributed by atoms with Crippen molar-refractivity contribution >= 4 is 33.2 Å². The van der Waals surface area contributed by atoms with Crippen molar-refractivity contribution in [2.24, 2.45) is 7.05 Å². The van der Waals surface area contributed by atoms with Gasteiger partial charge in [0.2, 0.25) is 0 Å². The van der Waals surface area contributed by atoms with Crippen LogP contribution in [0.5, 0.6) is 0 Å². The number of nitrogens with zero attached hydrogens (tertiary/aromatic N) is 1. The number of benzene rings is 4. The van der Waals surface area contributed by atoms with Crippen molar-refractivity contribution in [1.82, 2.24) is 4.57 Å². The molecule has 0 aliphatic carbocycles. The average molecular weight is 446 g/mol. The van der Waals surface area contributed by atoms with Gasteiger partial charge in [0.05, 0.1) is 11.4 Å². The molecule has 1 aromatic heterocycles. The number of nitrogen functional groups attached to an aromatic ring is 1. The predicted molar refractivity (Wildman–Crippen MR) is 146 cm³/mol. The lowest BCUT2D eigenvalue weighted by Crippen LogP contribution is -2.13. The molecule has 0 aliphatic heterocycles. The maximum Gasteiger partial charge on any atom is 0.0615 e. The molecule has 1 unspecified atom stereocenters. The molecule has 0 amide bonds. The van der Waals surface area contributed by atoms with Gasteiger partial charge in [-0.15, -0.1) is 0 Å². The molecule has 170 valence electrons. The molecule has 1 heterocycles. The fourth-order valence-corrected chi connectivity index (χ4v) is 5.05. The number of rotatable bonds is 7. The van der Waals surface area contributed by atoms with Crippen LogP contribution in [0.2, 0.25) is 0 Å². The van der Waals surface area contributed by atoms with Gasteiger partial charge in [0.15, 0.2) is 0 Å². The van der Waals surface area contributed by atoms with E-state index < -0.39 is 0 Å². The molecule has 0 fully saturated rings. The number of allylic oxidation sites excluding steroid dienone is 1. The second kappa shape index (κ2) is 9.11. The number of hydrogen-bond acceptors (Lipinski definition) is 2. The third kappa shape index (κ3) is 4.06. The smallest absolute Gasteiger partial charge is 0.0615 e. The molecule has 3 heteroatoms. The monoisotopic (exact) mass is 445 g/mol. The predicted octanol–water partition coefficient (Wildman–Crippen LogP) is 7.56. The first-order valence-electron chi connectivity index (χ1n) is 11.8. The summed E-state index contributed by atoms with van der Waals surface area (Å²) in [6, 6.07) is 32.0. The summed E-state index contributed by atoms with van der Waals surface area (Å²) < 4.78 is 2.28. The molecular weight excluding hydrogens is 414 g/mol. The quantitative estimate of drug-likeness (QED) is 0.254. The summed E-state index contributed by atoms with van der Waals surface area (Å²) in [4.78, 5) is 0. The molecule has 4 aromatic carbocycles. The van der Waals surface area contributed by atoms with Crippen molar-refractivity contribution in [1.29, 1.82) is 0 Å². The third-order valence-electron chi connectivity index (χ3n) is 6.94. The minimum absolute atomic E-state index is 0.170. The molecular formula is C31H31N3. The van der Waals surface area contributed by atoms with E-state index in [9.17, 15) is 0 Å². The molecule has 0 aliphatic rings. The molecule has 5 rings (SSSR count). The minimum Gasteiger partial charge on any atom is -0.397 e. The van der Waals surface area contributed by atoms with Crippen LogP contribution in [0.1, 0.15) is 29.0 Å². The van der Waals surface area contributed by atoms with Crippen LogP contribution in [0.15, 0.2) is 103 Å². The molecule has 0 spiro atoms. The number of para-hydroxylation sites is 3. The zero-order valence-electron chi connectivity index (χ0n) is 19.9. The highest BCUT2D eigenvalue weighted by Gasteiger charge is 2.19. The van der Waals surface area contributed by atoms with Crippen LogP contribution >= 0.6 is 0 Å². The Morgan fingerprint density at radius 2 is 1.59 bits per heavy atom. The Kier molecular flexibility index (Phi) is 5.85. The number of aromatic nitrogens is 1. The number of anilines is 2. The van der Waals surface area contributed by atoms with E-state index in [-0.39, 0.29) is 5.92 Å². The molecule has 0 radical (unpaired) electrons. The van der Waals surface area contributed by atoms with Gasteiger partial charge in [-0.2, -0.15) is 0 Å². The maximum atomic E-state index is 6.20. The lowest BCUT2D eigenvalue weighted by atomic mass is 9.87. The molecule has 34 heavy (non-hydrogen) atoms. The van der Waals surface area contributed by atoms with Crippen LogP contribution in [0, 0.1) is 6.92 Å². The molecule has 0 saturated heterocycles. The summed E-state index contributed by atoms with van der Waals surface area (Å²) >= 11 is 0. The second-order valence-corrected chi connectivity index (χ2v) is 9.11. The van der Waals surface area contributed by atoms with Gasteiger partial charge in [-0.05, 0) is 66.8 Å². The zero-order valence-corrected chi connectivity index (χ0v) is 19.9. The normalized spacial score (nSPS) is 12.2. The van der Waals surface area contributed by atoms with Crippen molar-refractivity contribution in [3.63, 3.8) is 0 Å². The highest BCUT2D eigenvalue weighted by atomic mass is 14.9. The lowest BCUT2D eigenvalue weighted by Gasteiger charge is -2.24. The largest absolute Gasteiger partial charge is 0.397 e. The number of aryl methyl sites for hydroxylation is 3. The van der Waals surface area contributed by atoms with Gasteiger partial charge in [0.1, 0.15) is 0 Å². The summed E-state index contributed by atoms with van der Waals surface area (Å²) in [6.45, 7) is 6.62. The van der Waals surface area contributed by atoms with Crippen LogP contribution in [0.25, 0.3) is 21.8 Å². The Morgan fingerprint density at radius 1 is 0.882 bits per heavy atom. The Balaban J connectivity index is 1.45. The standard InChI is InChI=1S/C31H31N3/c1-21-10-4-5-11-24(21)25(22(2)33-29-14-8-7-13-28(29)32)18-16-23-17-19-31-27(20-23)26-12-6-9-15-30(26)34(31)3/h4-15,17,19-20,25,33H,2,16,18,32H2,1,3H3. The van der Waals surface area contributed by atoms with Crippen molar-refractivity contribution < 1.29 is 0 Å². The van der Waals surface area contributed by atoms with Crippen LogP contribution in [0.3, 0.4) is 0 Å². The van der Waals surface area contributed by atoms with Gasteiger partial charge in [-0.3, -0.25) is 0 Å². The van der Waals surface area contributed by atoms with E-state index in [1.165, 1.54) is 38.5 Å². The Morgan fingerprint density at radius 3 is 2.41 bits per heavy atom. The van der Waals surface area contributed by atoms with E-state index >= 15 is 0 Å². The Hall–Kier alpha value is -3.98. The second-order valence-electron chi connectivity index (χ2n) is 9.11. The highest BCUT2D eigenvalue weighted by molar-refractivity contribution is 6.08. The van der Waals surface area contributed by atoms with E-state index in [2.05, 4.69) is 97.2 Å². The van der Waals surface area contributed by atoms with Gasteiger partial charge in [0.25, 0.3) is 0 Å². The third-order valence-corrected chi connectivity index (χ3v) is 6.94. The molecule has 1 atom stereocenters. The average Bonchev–Trinajstić information content (AvgIpc) is 3.13. The first-order chi connectivity index (χ1) is 16.5. The lowest BCUT2D eigenvalue weighted by molar-refractivity contribution is 0.703. The molecule has 0 saturated carbocycles. The van der Waals surface area contributed by atoms with Crippen LogP contribution in [-0.4, -0.2) is 4.57 Å². The van der Waals surface area contributed by atoms with Crippen molar-refractivity contribution in [3.8, 4) is 0 Å². The fourth-order valence-electron chi connectivity index (χ4n) is 5.05. The number of nitrogens with one attached hydrogen (secondary N) is 1. The van der Waals surface area contributed by atoms with Gasteiger partial charge >= 0.3 is 0 Å². The van der Waals surface area contributed by atoms with Crippen LogP contribution in [0.4, 0.5) is 11.4 Å². The molecule has 0 bridgehead atoms. The summed E-state index contributed by atoms with van der Waals surface area (Å²) in [6.07, 6.45) is 1.92. The first-order valence-corrected chi connectivity index (χ1v) is 11.8. The van der Waals surface area contributed by atoms with Crippen molar-refractivity contribution in [2.45, 2.75) is 25.7 Å². The summed E-state index contributed by atoms with van der Waals surface area (Å²) in [5, 5.41) is 6.13. The number of nitrogens with two attached hydrogens (primary N) is 1. The van der Waals surface area contributed by atoms with E-state index in [1.807, 2.05) is 24.3 Å². The Bertz CT molecular complexity index is 1490. The topological polar surface area (TPSA) is 43.0 Å². The SMILES string of the molecule is C=C(Nc1ccccc1N)C(CCc1ccc2c(c1)c1ccccc1n2C)c1ccccc1C. The zero-order chi connectivity index (χ0) is 23.7. The van der Waals surface area contributed by atoms with Gasteiger partial charge in [-0.25, -0.2) is 0 Å². The maximum absolute atomic E-state index is 6.20. The van der Waals surface area contributed by atoms with E-state index in [4.69, 9.17) is 5.73 Å². The van der Waals surface area contributed by atoms with Gasteiger partial charge < -0.3 is 15.6 Å². The van der Waals surface area contributed by atoms with Gasteiger partial charge in [0, 0.05) is 40.5 Å². The molecule has 5 aromatic rings. The minimum atomic E-state index is 0.170. The van der Waals surface area contributed by atoms with Crippen molar-refractivity contribution in [3.05, 3.63) is 120 Å². The van der Waals surface area contributed by atoms with E-state index in [0.29, 0.717) is 0 Å². The number of fused-ring (bicyclic) bond motifs is 3. The molecule has 3 N–H and O–H groups in total. The fraction of sp³-hybridized carbons (Fsp3) is 0.161. The highest BCUT2D eigenvalue weighted by Crippen LogP contribution is 2.34. The molecule has 3 nitrogen and oxygen atoms in total. The van der Waals surface area contributed by atoms with Crippen LogP contribution < -0.4 is 11.1 Å². The number of hydrogen-bond donors (Lipinski definition) is 2.